The molecule has 0 aromatic rings. The van der Waals surface area contributed by atoms with Crippen molar-refractivity contribution in [2.75, 3.05) is 0 Å². The Kier molecular flexibility index (Phi) is 4.94. The van der Waals surface area contributed by atoms with Crippen molar-refractivity contribution >= 4 is 0 Å². The van der Waals surface area contributed by atoms with Gasteiger partial charge in [0.1, 0.15) is 0 Å². The Morgan fingerprint density at radius 3 is 2.36 bits per heavy atom. The summed E-state index contributed by atoms with van der Waals surface area (Å²) in [6, 6.07) is 0.410. The first kappa shape index (κ1) is 12.0. The van der Waals surface area contributed by atoms with E-state index in [0.717, 1.165) is 17.8 Å². The molecule has 1 saturated carbocycles. The summed E-state index contributed by atoms with van der Waals surface area (Å²) in [6.07, 6.45) is 8.44. The van der Waals surface area contributed by atoms with E-state index in [2.05, 4.69) is 20.8 Å². The summed E-state index contributed by atoms with van der Waals surface area (Å²) in [6.45, 7) is 6.84. The summed E-state index contributed by atoms with van der Waals surface area (Å²) in [5, 5.41) is 0. The molecule has 0 aromatic carbocycles. The zero-order chi connectivity index (χ0) is 10.6. The summed E-state index contributed by atoms with van der Waals surface area (Å²) >= 11 is 0. The van der Waals surface area contributed by atoms with Gasteiger partial charge in [-0.1, -0.05) is 39.5 Å². The Labute approximate surface area is 89.5 Å². The van der Waals surface area contributed by atoms with Crippen molar-refractivity contribution in [3.8, 4) is 0 Å². The molecular formula is C13H27N. The normalized spacial score (nSPS) is 30.6. The molecule has 1 nitrogen and oxygen atoms in total. The minimum absolute atomic E-state index is 0.410. The Morgan fingerprint density at radius 1 is 1.14 bits per heavy atom. The van der Waals surface area contributed by atoms with Crippen LogP contribution < -0.4 is 5.73 Å². The molecule has 0 saturated heterocycles. The van der Waals surface area contributed by atoms with Crippen LogP contribution in [-0.2, 0) is 0 Å². The van der Waals surface area contributed by atoms with Crippen LogP contribution in [0.1, 0.15) is 59.3 Å². The summed E-state index contributed by atoms with van der Waals surface area (Å²) in [5.41, 5.74) is 6.06. The standard InChI is InChI=1S/C13H27N/c1-10(2)8-9-12-6-4-5-7-13(12)11(3)14/h10-13H,4-9,14H2,1-3H3. The predicted molar refractivity (Wildman–Crippen MR) is 63.2 cm³/mol. The minimum atomic E-state index is 0.410. The van der Waals surface area contributed by atoms with Crippen molar-refractivity contribution in [1.29, 1.82) is 0 Å². The molecule has 1 fully saturated rings. The molecule has 1 aliphatic carbocycles. The zero-order valence-corrected chi connectivity index (χ0v) is 10.1. The SMILES string of the molecule is CC(C)CCC1CCCCC1C(C)N. The van der Waals surface area contributed by atoms with Gasteiger partial charge in [-0.3, -0.25) is 0 Å². The molecule has 3 atom stereocenters. The summed E-state index contributed by atoms with van der Waals surface area (Å²) < 4.78 is 0. The number of nitrogens with two attached hydrogens (primary N) is 1. The van der Waals surface area contributed by atoms with Gasteiger partial charge in [-0.05, 0) is 37.5 Å². The van der Waals surface area contributed by atoms with Crippen LogP contribution in [0.5, 0.6) is 0 Å². The molecule has 1 aliphatic rings. The highest BCUT2D eigenvalue weighted by Gasteiger charge is 2.27. The topological polar surface area (TPSA) is 26.0 Å². The Bertz CT molecular complexity index is 151. The third kappa shape index (κ3) is 3.61. The van der Waals surface area contributed by atoms with Crippen molar-refractivity contribution in [1.82, 2.24) is 0 Å². The van der Waals surface area contributed by atoms with Gasteiger partial charge in [-0.2, -0.15) is 0 Å². The quantitative estimate of drug-likeness (QED) is 0.732. The van der Waals surface area contributed by atoms with Crippen LogP contribution in [0, 0.1) is 17.8 Å². The van der Waals surface area contributed by atoms with Crippen molar-refractivity contribution in [3.63, 3.8) is 0 Å². The molecule has 0 amide bonds. The van der Waals surface area contributed by atoms with E-state index in [-0.39, 0.29) is 0 Å². The van der Waals surface area contributed by atoms with E-state index in [9.17, 15) is 0 Å². The molecule has 3 unspecified atom stereocenters. The van der Waals surface area contributed by atoms with Gasteiger partial charge in [0, 0.05) is 6.04 Å². The maximum Gasteiger partial charge on any atom is 0.00414 e. The van der Waals surface area contributed by atoms with Crippen LogP contribution in [-0.4, -0.2) is 6.04 Å². The number of rotatable bonds is 4. The first-order chi connectivity index (χ1) is 6.61. The van der Waals surface area contributed by atoms with E-state index in [1.54, 1.807) is 0 Å². The highest BCUT2D eigenvalue weighted by atomic mass is 14.6. The minimum Gasteiger partial charge on any atom is -0.328 e. The van der Waals surface area contributed by atoms with E-state index >= 15 is 0 Å². The van der Waals surface area contributed by atoms with Crippen LogP contribution in [0.2, 0.25) is 0 Å². The van der Waals surface area contributed by atoms with E-state index in [1.807, 2.05) is 0 Å². The fourth-order valence-corrected chi connectivity index (χ4v) is 2.83. The smallest absolute Gasteiger partial charge is 0.00414 e. The van der Waals surface area contributed by atoms with Crippen LogP contribution in [0.3, 0.4) is 0 Å². The van der Waals surface area contributed by atoms with Crippen molar-refractivity contribution in [2.24, 2.45) is 23.5 Å². The van der Waals surface area contributed by atoms with Gasteiger partial charge < -0.3 is 5.73 Å². The highest BCUT2D eigenvalue weighted by Crippen LogP contribution is 2.35. The van der Waals surface area contributed by atoms with E-state index in [4.69, 9.17) is 5.73 Å². The second-order valence-corrected chi connectivity index (χ2v) is 5.54. The summed E-state index contributed by atoms with van der Waals surface area (Å²) in [4.78, 5) is 0. The number of hydrogen-bond donors (Lipinski definition) is 1. The maximum absolute atomic E-state index is 6.06. The molecule has 0 spiro atoms. The molecule has 2 N–H and O–H groups in total. The molecule has 0 heterocycles. The van der Waals surface area contributed by atoms with Gasteiger partial charge in [0.15, 0.2) is 0 Å². The van der Waals surface area contributed by atoms with Crippen LogP contribution in [0.15, 0.2) is 0 Å². The van der Waals surface area contributed by atoms with Gasteiger partial charge in [0.2, 0.25) is 0 Å². The summed E-state index contributed by atoms with van der Waals surface area (Å²) in [7, 11) is 0. The fourth-order valence-electron chi connectivity index (χ4n) is 2.83. The molecule has 0 aromatic heterocycles. The molecule has 14 heavy (non-hydrogen) atoms. The summed E-state index contributed by atoms with van der Waals surface area (Å²) in [5.74, 6) is 2.58. The van der Waals surface area contributed by atoms with E-state index < -0.39 is 0 Å². The predicted octanol–water partition coefficient (Wildman–Crippen LogP) is 3.58. The lowest BCUT2D eigenvalue weighted by Gasteiger charge is -2.34. The average Bonchev–Trinajstić information content (AvgIpc) is 2.15. The fraction of sp³-hybridized carbons (Fsp3) is 1.00. The lowest BCUT2D eigenvalue weighted by molar-refractivity contribution is 0.189. The average molecular weight is 197 g/mol. The highest BCUT2D eigenvalue weighted by molar-refractivity contribution is 4.81. The lowest BCUT2D eigenvalue weighted by atomic mass is 9.73. The molecule has 0 aliphatic heterocycles. The molecule has 1 rings (SSSR count). The Hall–Kier alpha value is -0.0400. The molecule has 84 valence electrons. The molecule has 1 heteroatoms. The molecular weight excluding hydrogens is 170 g/mol. The van der Waals surface area contributed by atoms with Crippen molar-refractivity contribution in [2.45, 2.75) is 65.3 Å². The zero-order valence-electron chi connectivity index (χ0n) is 10.1. The maximum atomic E-state index is 6.06. The third-order valence-corrected chi connectivity index (χ3v) is 3.76. The number of hydrogen-bond acceptors (Lipinski definition) is 1. The second-order valence-electron chi connectivity index (χ2n) is 5.54. The van der Waals surface area contributed by atoms with E-state index in [1.165, 1.54) is 38.5 Å². The molecule has 0 bridgehead atoms. The lowest BCUT2D eigenvalue weighted by Crippen LogP contribution is -2.34. The van der Waals surface area contributed by atoms with Gasteiger partial charge in [0.05, 0.1) is 0 Å². The van der Waals surface area contributed by atoms with Crippen molar-refractivity contribution < 1.29 is 0 Å². The van der Waals surface area contributed by atoms with Gasteiger partial charge in [-0.25, -0.2) is 0 Å². The Balaban J connectivity index is 2.38. The third-order valence-electron chi connectivity index (χ3n) is 3.76. The second kappa shape index (κ2) is 5.75. The molecule has 0 radical (unpaired) electrons. The monoisotopic (exact) mass is 197 g/mol. The largest absolute Gasteiger partial charge is 0.328 e. The van der Waals surface area contributed by atoms with Gasteiger partial charge >= 0.3 is 0 Å². The van der Waals surface area contributed by atoms with Crippen LogP contribution in [0.4, 0.5) is 0 Å². The van der Waals surface area contributed by atoms with Crippen molar-refractivity contribution in [3.05, 3.63) is 0 Å². The Morgan fingerprint density at radius 2 is 1.79 bits per heavy atom. The first-order valence-electron chi connectivity index (χ1n) is 6.37. The first-order valence-corrected chi connectivity index (χ1v) is 6.37. The van der Waals surface area contributed by atoms with Gasteiger partial charge in [-0.15, -0.1) is 0 Å². The van der Waals surface area contributed by atoms with Crippen LogP contribution >= 0.6 is 0 Å². The van der Waals surface area contributed by atoms with E-state index in [0.29, 0.717) is 6.04 Å². The van der Waals surface area contributed by atoms with Gasteiger partial charge in [0.25, 0.3) is 0 Å². The van der Waals surface area contributed by atoms with Crippen LogP contribution in [0.25, 0.3) is 0 Å².